The van der Waals surface area contributed by atoms with Crippen LogP contribution in [-0.2, 0) is 0 Å². The average Bonchev–Trinajstić information content (AvgIpc) is 2.81. The third-order valence-corrected chi connectivity index (χ3v) is 2.24. The standard InChI is InChI=1S/C7H8N6O2S/c1-14-5-10-4(13-8)11-6(12-5)16-7-9-2-3-15-7/h2-3H,8H2,1H3,(H,10,11,12,13). The van der Waals surface area contributed by atoms with Crippen molar-refractivity contribution in [3.63, 3.8) is 0 Å². The van der Waals surface area contributed by atoms with Crippen molar-refractivity contribution in [2.45, 2.75) is 10.4 Å². The first-order chi connectivity index (χ1) is 7.81. The number of methoxy groups -OCH3 is 1. The maximum Gasteiger partial charge on any atom is 0.322 e. The van der Waals surface area contributed by atoms with Crippen molar-refractivity contribution in [1.82, 2.24) is 19.9 Å². The Bertz CT molecular complexity index is 440. The Hall–Kier alpha value is -1.87. The van der Waals surface area contributed by atoms with Crippen LogP contribution in [0.3, 0.4) is 0 Å². The third kappa shape index (κ3) is 2.38. The zero-order chi connectivity index (χ0) is 11.4. The van der Waals surface area contributed by atoms with Crippen LogP contribution in [0.4, 0.5) is 5.95 Å². The molecule has 8 nitrogen and oxygen atoms in total. The number of aromatic nitrogens is 4. The summed E-state index contributed by atoms with van der Waals surface area (Å²) in [4.78, 5) is 15.8. The maximum atomic E-state index is 5.21. The predicted molar refractivity (Wildman–Crippen MR) is 54.8 cm³/mol. The van der Waals surface area contributed by atoms with Crippen LogP contribution in [0.1, 0.15) is 0 Å². The molecule has 2 aromatic rings. The topological polar surface area (TPSA) is 112 Å². The van der Waals surface area contributed by atoms with E-state index in [0.717, 1.165) is 11.8 Å². The molecule has 0 spiro atoms. The largest absolute Gasteiger partial charge is 0.467 e. The zero-order valence-electron chi connectivity index (χ0n) is 8.25. The molecule has 0 radical (unpaired) electrons. The molecule has 0 fully saturated rings. The molecule has 2 rings (SSSR count). The van der Waals surface area contributed by atoms with Crippen LogP contribution in [0.15, 0.2) is 27.3 Å². The minimum absolute atomic E-state index is 0.164. The second-order valence-electron chi connectivity index (χ2n) is 2.47. The van der Waals surface area contributed by atoms with Gasteiger partial charge in [0.05, 0.1) is 13.3 Å². The van der Waals surface area contributed by atoms with Crippen molar-refractivity contribution in [2.24, 2.45) is 5.84 Å². The number of oxazole rings is 1. The monoisotopic (exact) mass is 240 g/mol. The van der Waals surface area contributed by atoms with Gasteiger partial charge in [-0.3, -0.25) is 5.43 Å². The highest BCUT2D eigenvalue weighted by molar-refractivity contribution is 7.98. The fraction of sp³-hybridized carbons (Fsp3) is 0.143. The second kappa shape index (κ2) is 4.77. The fourth-order valence-corrected chi connectivity index (χ4v) is 1.51. The van der Waals surface area contributed by atoms with Gasteiger partial charge in [-0.1, -0.05) is 0 Å². The van der Waals surface area contributed by atoms with E-state index in [1.165, 1.54) is 19.6 Å². The summed E-state index contributed by atoms with van der Waals surface area (Å²) >= 11 is 1.14. The highest BCUT2D eigenvalue weighted by Gasteiger charge is 2.09. The number of nitrogens with one attached hydrogen (secondary N) is 1. The zero-order valence-corrected chi connectivity index (χ0v) is 9.06. The van der Waals surface area contributed by atoms with Crippen LogP contribution in [-0.4, -0.2) is 27.0 Å². The number of ether oxygens (including phenoxy) is 1. The molecule has 16 heavy (non-hydrogen) atoms. The van der Waals surface area contributed by atoms with Gasteiger partial charge in [0.15, 0.2) is 0 Å². The third-order valence-electron chi connectivity index (χ3n) is 1.49. The van der Waals surface area contributed by atoms with Gasteiger partial charge in [-0.15, -0.1) is 0 Å². The molecule has 0 aromatic carbocycles. The molecule has 0 saturated carbocycles. The molecule has 2 heterocycles. The van der Waals surface area contributed by atoms with Crippen molar-refractivity contribution < 1.29 is 9.15 Å². The SMILES string of the molecule is COc1nc(NN)nc(Sc2ncco2)n1. The summed E-state index contributed by atoms with van der Waals surface area (Å²) in [5.41, 5.74) is 2.32. The van der Waals surface area contributed by atoms with Gasteiger partial charge in [-0.25, -0.2) is 10.8 Å². The van der Waals surface area contributed by atoms with E-state index >= 15 is 0 Å². The molecule has 0 aliphatic rings. The first kappa shape index (κ1) is 10.6. The Kier molecular flexibility index (Phi) is 3.17. The van der Waals surface area contributed by atoms with Crippen LogP contribution in [0.5, 0.6) is 6.01 Å². The number of hydrogen-bond acceptors (Lipinski definition) is 9. The number of nitrogens with two attached hydrogens (primary N) is 1. The molecule has 0 saturated heterocycles. The van der Waals surface area contributed by atoms with Crippen LogP contribution in [0.2, 0.25) is 0 Å². The lowest BCUT2D eigenvalue weighted by Crippen LogP contribution is -2.12. The van der Waals surface area contributed by atoms with Crippen LogP contribution in [0, 0.1) is 0 Å². The highest BCUT2D eigenvalue weighted by Crippen LogP contribution is 2.24. The maximum absolute atomic E-state index is 5.21. The molecule has 0 bridgehead atoms. The Morgan fingerprint density at radius 3 is 2.94 bits per heavy atom. The van der Waals surface area contributed by atoms with E-state index in [9.17, 15) is 0 Å². The molecule has 0 unspecified atom stereocenters. The number of hydrazine groups is 1. The van der Waals surface area contributed by atoms with Crippen molar-refractivity contribution in [1.29, 1.82) is 0 Å². The molecule has 0 amide bonds. The molecule has 0 aliphatic heterocycles. The van der Waals surface area contributed by atoms with Gasteiger partial charge in [-0.2, -0.15) is 15.0 Å². The van der Waals surface area contributed by atoms with Gasteiger partial charge < -0.3 is 9.15 Å². The molecule has 9 heteroatoms. The number of rotatable bonds is 4. The Balaban J connectivity index is 2.26. The molecule has 3 N–H and O–H groups in total. The molecule has 0 atom stereocenters. The number of nitrogen functional groups attached to an aromatic ring is 1. The Morgan fingerprint density at radius 1 is 1.44 bits per heavy atom. The smallest absolute Gasteiger partial charge is 0.322 e. The minimum Gasteiger partial charge on any atom is -0.467 e. The van der Waals surface area contributed by atoms with Crippen molar-refractivity contribution in [3.8, 4) is 6.01 Å². The van der Waals surface area contributed by atoms with Gasteiger partial charge in [0, 0.05) is 11.8 Å². The molecular weight excluding hydrogens is 232 g/mol. The van der Waals surface area contributed by atoms with Gasteiger partial charge in [0.25, 0.3) is 5.22 Å². The molecular formula is C7H8N6O2S. The van der Waals surface area contributed by atoms with E-state index in [1.54, 1.807) is 0 Å². The summed E-state index contributed by atoms with van der Waals surface area (Å²) in [7, 11) is 1.45. The van der Waals surface area contributed by atoms with E-state index in [2.05, 4.69) is 25.4 Å². The summed E-state index contributed by atoms with van der Waals surface area (Å²) in [5, 5.41) is 0.804. The van der Waals surface area contributed by atoms with E-state index in [1.807, 2.05) is 0 Å². The van der Waals surface area contributed by atoms with E-state index in [4.69, 9.17) is 15.0 Å². The summed E-state index contributed by atoms with van der Waals surface area (Å²) < 4.78 is 9.94. The van der Waals surface area contributed by atoms with Crippen LogP contribution < -0.4 is 16.0 Å². The van der Waals surface area contributed by atoms with E-state index < -0.39 is 0 Å². The Labute approximate surface area is 94.6 Å². The van der Waals surface area contributed by atoms with Crippen LogP contribution >= 0.6 is 11.8 Å². The minimum atomic E-state index is 0.164. The van der Waals surface area contributed by atoms with Crippen molar-refractivity contribution >= 4 is 17.7 Å². The predicted octanol–water partition coefficient (Wildman–Crippen LogP) is 0.305. The molecule has 0 aliphatic carbocycles. The summed E-state index contributed by atoms with van der Waals surface area (Å²) in [5.74, 6) is 5.42. The fourth-order valence-electron chi connectivity index (χ4n) is 0.878. The first-order valence-corrected chi connectivity index (χ1v) is 4.97. The first-order valence-electron chi connectivity index (χ1n) is 4.16. The number of nitrogens with zero attached hydrogens (tertiary/aromatic N) is 4. The highest BCUT2D eigenvalue weighted by atomic mass is 32.2. The van der Waals surface area contributed by atoms with Gasteiger partial charge in [0.2, 0.25) is 11.1 Å². The van der Waals surface area contributed by atoms with Gasteiger partial charge >= 0.3 is 6.01 Å². The summed E-state index contributed by atoms with van der Waals surface area (Å²) in [6.45, 7) is 0. The van der Waals surface area contributed by atoms with Gasteiger partial charge in [0.1, 0.15) is 6.26 Å². The average molecular weight is 240 g/mol. The van der Waals surface area contributed by atoms with E-state index in [0.29, 0.717) is 10.4 Å². The van der Waals surface area contributed by atoms with E-state index in [-0.39, 0.29) is 12.0 Å². The summed E-state index contributed by atoms with van der Waals surface area (Å²) in [6, 6.07) is 0.164. The Morgan fingerprint density at radius 2 is 2.31 bits per heavy atom. The lowest BCUT2D eigenvalue weighted by atomic mass is 10.9. The number of hydrogen-bond donors (Lipinski definition) is 2. The van der Waals surface area contributed by atoms with Crippen molar-refractivity contribution in [3.05, 3.63) is 12.5 Å². The molecule has 84 valence electrons. The number of anilines is 1. The lowest BCUT2D eigenvalue weighted by molar-refractivity contribution is 0.373. The lowest BCUT2D eigenvalue weighted by Gasteiger charge is -2.02. The quantitative estimate of drug-likeness (QED) is 0.575. The van der Waals surface area contributed by atoms with Gasteiger partial charge in [-0.05, 0) is 0 Å². The second-order valence-corrected chi connectivity index (χ2v) is 3.39. The normalized spacial score (nSPS) is 10.1. The summed E-state index contributed by atoms with van der Waals surface area (Å²) in [6.07, 6.45) is 2.99. The molecule has 2 aromatic heterocycles. The van der Waals surface area contributed by atoms with Crippen molar-refractivity contribution in [2.75, 3.05) is 12.5 Å². The van der Waals surface area contributed by atoms with Crippen LogP contribution in [0.25, 0.3) is 0 Å².